The Balaban J connectivity index is 2.34. The zero-order valence-electron chi connectivity index (χ0n) is 13.1. The summed E-state index contributed by atoms with van der Waals surface area (Å²) >= 11 is 0. The zero-order chi connectivity index (χ0) is 15.2. The maximum atomic E-state index is 11.4. The largest absolute Gasteiger partial charge is 0.444 e. The molecule has 110 valence electrons. The maximum absolute atomic E-state index is 11.4. The minimum atomic E-state index is -0.445. The number of hydrogen-bond donors (Lipinski definition) is 1. The van der Waals surface area contributed by atoms with E-state index in [1.165, 1.54) is 16.7 Å². The SMILES string of the molecule is Cc1cc(C)cc(C=CCCNC(=O)OC(C)(C)C)c1. The number of alkyl carbamates (subject to hydrolysis) is 1. The lowest BCUT2D eigenvalue weighted by Crippen LogP contribution is -2.32. The Labute approximate surface area is 122 Å². The fourth-order valence-electron chi connectivity index (χ4n) is 1.90. The average Bonchev–Trinajstić information content (AvgIpc) is 2.24. The van der Waals surface area contributed by atoms with Crippen LogP contribution in [0.4, 0.5) is 4.79 Å². The van der Waals surface area contributed by atoms with Crippen LogP contribution in [0.5, 0.6) is 0 Å². The molecule has 1 amide bonds. The van der Waals surface area contributed by atoms with Gasteiger partial charge in [-0.25, -0.2) is 4.79 Å². The predicted octanol–water partition coefficient (Wildman–Crippen LogP) is 4.23. The highest BCUT2D eigenvalue weighted by molar-refractivity contribution is 5.67. The fourth-order valence-corrected chi connectivity index (χ4v) is 1.90. The summed E-state index contributed by atoms with van der Waals surface area (Å²) in [5.74, 6) is 0. The van der Waals surface area contributed by atoms with Crippen LogP contribution in [0.1, 0.15) is 43.9 Å². The molecular weight excluding hydrogens is 250 g/mol. The van der Waals surface area contributed by atoms with Gasteiger partial charge in [-0.15, -0.1) is 0 Å². The minimum absolute atomic E-state index is 0.364. The van der Waals surface area contributed by atoms with E-state index in [4.69, 9.17) is 4.74 Å². The number of aryl methyl sites for hydroxylation is 2. The number of ether oxygens (including phenoxy) is 1. The van der Waals surface area contributed by atoms with Gasteiger partial charge in [0.15, 0.2) is 0 Å². The molecule has 0 heterocycles. The van der Waals surface area contributed by atoms with Crippen molar-refractivity contribution in [2.24, 2.45) is 0 Å². The molecule has 0 saturated heterocycles. The molecular formula is C17H25NO2. The van der Waals surface area contributed by atoms with E-state index in [1.807, 2.05) is 20.8 Å². The molecule has 0 aromatic heterocycles. The van der Waals surface area contributed by atoms with Crippen molar-refractivity contribution in [3.8, 4) is 0 Å². The van der Waals surface area contributed by atoms with E-state index >= 15 is 0 Å². The van der Waals surface area contributed by atoms with Gasteiger partial charge in [0.2, 0.25) is 0 Å². The molecule has 20 heavy (non-hydrogen) atoms. The quantitative estimate of drug-likeness (QED) is 0.835. The summed E-state index contributed by atoms with van der Waals surface area (Å²) in [6, 6.07) is 6.44. The first-order chi connectivity index (χ1) is 9.26. The van der Waals surface area contributed by atoms with Crippen molar-refractivity contribution < 1.29 is 9.53 Å². The molecule has 0 spiro atoms. The van der Waals surface area contributed by atoms with Crippen molar-refractivity contribution in [3.05, 3.63) is 41.0 Å². The smallest absolute Gasteiger partial charge is 0.407 e. The number of carbonyl (C=O) groups excluding carboxylic acids is 1. The Bertz CT molecular complexity index is 464. The minimum Gasteiger partial charge on any atom is -0.444 e. The summed E-state index contributed by atoms with van der Waals surface area (Å²) in [6.07, 6.45) is 4.56. The first-order valence-corrected chi connectivity index (χ1v) is 6.98. The third kappa shape index (κ3) is 6.98. The standard InChI is InChI=1S/C17H25NO2/c1-13-10-14(2)12-15(11-13)8-6-7-9-18-16(19)20-17(3,4)5/h6,8,10-12H,7,9H2,1-5H3,(H,18,19). The number of rotatable bonds is 4. The van der Waals surface area contributed by atoms with E-state index in [0.29, 0.717) is 6.54 Å². The third-order valence-electron chi connectivity index (χ3n) is 2.53. The number of nitrogens with one attached hydrogen (secondary N) is 1. The Hall–Kier alpha value is -1.77. The van der Waals surface area contributed by atoms with Crippen LogP contribution < -0.4 is 5.32 Å². The summed E-state index contributed by atoms with van der Waals surface area (Å²) in [6.45, 7) is 10.3. The Morgan fingerprint density at radius 1 is 1.20 bits per heavy atom. The van der Waals surface area contributed by atoms with Crippen molar-refractivity contribution in [2.45, 2.75) is 46.6 Å². The van der Waals surface area contributed by atoms with Crippen LogP contribution in [0.25, 0.3) is 6.08 Å². The Morgan fingerprint density at radius 3 is 2.35 bits per heavy atom. The second kappa shape index (κ2) is 7.13. The molecule has 0 bridgehead atoms. The van der Waals surface area contributed by atoms with Gasteiger partial charge in [0.25, 0.3) is 0 Å². The first kappa shape index (κ1) is 16.3. The van der Waals surface area contributed by atoms with Crippen molar-refractivity contribution in [2.75, 3.05) is 6.54 Å². The average molecular weight is 275 g/mol. The predicted molar refractivity (Wildman–Crippen MR) is 83.8 cm³/mol. The van der Waals surface area contributed by atoms with E-state index < -0.39 is 5.60 Å². The van der Waals surface area contributed by atoms with Crippen molar-refractivity contribution >= 4 is 12.2 Å². The van der Waals surface area contributed by atoms with Crippen molar-refractivity contribution in [1.29, 1.82) is 0 Å². The van der Waals surface area contributed by atoms with E-state index in [-0.39, 0.29) is 6.09 Å². The lowest BCUT2D eigenvalue weighted by molar-refractivity contribution is 0.0529. The molecule has 1 N–H and O–H groups in total. The first-order valence-electron chi connectivity index (χ1n) is 6.98. The topological polar surface area (TPSA) is 38.3 Å². The van der Waals surface area contributed by atoms with Gasteiger partial charge in [0, 0.05) is 6.54 Å². The van der Waals surface area contributed by atoms with Gasteiger partial charge < -0.3 is 10.1 Å². The van der Waals surface area contributed by atoms with Crippen molar-refractivity contribution in [1.82, 2.24) is 5.32 Å². The fraction of sp³-hybridized carbons (Fsp3) is 0.471. The van der Waals surface area contributed by atoms with Gasteiger partial charge in [0.1, 0.15) is 5.60 Å². The highest BCUT2D eigenvalue weighted by Crippen LogP contribution is 2.10. The van der Waals surface area contributed by atoms with E-state index in [2.05, 4.69) is 49.5 Å². The van der Waals surface area contributed by atoms with Gasteiger partial charge in [0.05, 0.1) is 0 Å². The molecule has 0 saturated carbocycles. The Kier molecular flexibility index (Phi) is 5.81. The van der Waals surface area contributed by atoms with Gasteiger partial charge in [-0.05, 0) is 46.6 Å². The van der Waals surface area contributed by atoms with E-state index in [0.717, 1.165) is 6.42 Å². The van der Waals surface area contributed by atoms with E-state index in [9.17, 15) is 4.79 Å². The van der Waals surface area contributed by atoms with Gasteiger partial charge >= 0.3 is 6.09 Å². The second-order valence-electron chi connectivity index (χ2n) is 6.04. The highest BCUT2D eigenvalue weighted by Gasteiger charge is 2.15. The summed E-state index contributed by atoms with van der Waals surface area (Å²) < 4.78 is 5.16. The van der Waals surface area contributed by atoms with Crippen LogP contribution in [0, 0.1) is 13.8 Å². The molecule has 0 aliphatic carbocycles. The molecule has 1 rings (SSSR count). The molecule has 1 aromatic rings. The van der Waals surface area contributed by atoms with E-state index in [1.54, 1.807) is 0 Å². The maximum Gasteiger partial charge on any atom is 0.407 e. The third-order valence-corrected chi connectivity index (χ3v) is 2.53. The number of carbonyl (C=O) groups is 1. The van der Waals surface area contributed by atoms with Crippen LogP contribution in [0.2, 0.25) is 0 Å². The normalized spacial score (nSPS) is 11.7. The molecule has 0 unspecified atom stereocenters. The molecule has 0 fully saturated rings. The van der Waals surface area contributed by atoms with Crippen LogP contribution in [0.15, 0.2) is 24.3 Å². The van der Waals surface area contributed by atoms with Gasteiger partial charge in [-0.3, -0.25) is 0 Å². The van der Waals surface area contributed by atoms with Crippen LogP contribution in [-0.4, -0.2) is 18.2 Å². The molecule has 0 aliphatic rings. The molecule has 3 nitrogen and oxygen atoms in total. The molecule has 0 aliphatic heterocycles. The monoisotopic (exact) mass is 275 g/mol. The molecule has 3 heteroatoms. The van der Waals surface area contributed by atoms with Gasteiger partial charge in [-0.1, -0.05) is 41.5 Å². The summed E-state index contributed by atoms with van der Waals surface area (Å²) in [5, 5.41) is 2.74. The van der Waals surface area contributed by atoms with Crippen molar-refractivity contribution in [3.63, 3.8) is 0 Å². The summed E-state index contributed by atoms with van der Waals surface area (Å²) in [5.41, 5.74) is 3.27. The van der Waals surface area contributed by atoms with Crippen LogP contribution >= 0.6 is 0 Å². The molecule has 0 radical (unpaired) electrons. The van der Waals surface area contributed by atoms with Crippen LogP contribution in [-0.2, 0) is 4.74 Å². The number of benzene rings is 1. The summed E-state index contributed by atoms with van der Waals surface area (Å²) in [4.78, 5) is 11.4. The van der Waals surface area contributed by atoms with Gasteiger partial charge in [-0.2, -0.15) is 0 Å². The second-order valence-corrected chi connectivity index (χ2v) is 6.04. The molecule has 0 atom stereocenters. The summed E-state index contributed by atoms with van der Waals surface area (Å²) in [7, 11) is 0. The number of hydrogen-bond acceptors (Lipinski definition) is 2. The van der Waals surface area contributed by atoms with Crippen LogP contribution in [0.3, 0.4) is 0 Å². The lowest BCUT2D eigenvalue weighted by atomic mass is 10.1. The molecule has 1 aromatic carbocycles. The number of amides is 1. The zero-order valence-corrected chi connectivity index (χ0v) is 13.1. The lowest BCUT2D eigenvalue weighted by Gasteiger charge is -2.19. The Morgan fingerprint density at radius 2 is 1.80 bits per heavy atom. The highest BCUT2D eigenvalue weighted by atomic mass is 16.6.